The van der Waals surface area contributed by atoms with Crippen LogP contribution in [0.15, 0.2) is 17.5 Å². The normalized spacial score (nSPS) is 10.6. The molecule has 4 nitrogen and oxygen atoms in total. The van der Waals surface area contributed by atoms with E-state index in [1.807, 2.05) is 12.2 Å². The van der Waals surface area contributed by atoms with Crippen molar-refractivity contribution in [2.45, 2.75) is 13.3 Å². The summed E-state index contributed by atoms with van der Waals surface area (Å²) in [6.45, 7) is 2.07. The number of hydrogen-bond donors (Lipinski definition) is 2. The van der Waals surface area contributed by atoms with Crippen molar-refractivity contribution in [1.29, 1.82) is 0 Å². The molecule has 2 N–H and O–H groups in total. The summed E-state index contributed by atoms with van der Waals surface area (Å²) in [5.74, 6) is -0.944. The van der Waals surface area contributed by atoms with Crippen LogP contribution in [0.2, 0.25) is 0 Å². The third-order valence-corrected chi connectivity index (χ3v) is 2.76. The quantitative estimate of drug-likeness (QED) is 0.772. The van der Waals surface area contributed by atoms with Gasteiger partial charge in [-0.3, -0.25) is 4.79 Å². The van der Waals surface area contributed by atoms with Crippen LogP contribution in [0.1, 0.15) is 28.6 Å². The molecule has 0 radical (unpaired) electrons. The Morgan fingerprint density at radius 2 is 2.31 bits per heavy atom. The summed E-state index contributed by atoms with van der Waals surface area (Å²) in [6.07, 6.45) is 4.49. The third-order valence-electron chi connectivity index (χ3n) is 1.83. The Hall–Kier alpha value is -1.62. The predicted molar refractivity (Wildman–Crippen MR) is 63.6 cm³/mol. The van der Waals surface area contributed by atoms with E-state index in [0.29, 0.717) is 11.4 Å². The molecular formula is C11H13NO3S. The molecule has 0 saturated heterocycles. The van der Waals surface area contributed by atoms with Crippen molar-refractivity contribution in [2.75, 3.05) is 6.54 Å². The number of carboxylic acids is 1. The second-order valence-electron chi connectivity index (χ2n) is 3.22. The first kappa shape index (κ1) is 12.4. The van der Waals surface area contributed by atoms with Crippen LogP contribution in [0, 0.1) is 0 Å². The van der Waals surface area contributed by atoms with E-state index in [2.05, 4.69) is 5.32 Å². The molecule has 0 aliphatic heterocycles. The van der Waals surface area contributed by atoms with E-state index < -0.39 is 5.97 Å². The predicted octanol–water partition coefficient (Wildman–Crippen LogP) is 1.99. The van der Waals surface area contributed by atoms with E-state index in [4.69, 9.17) is 5.11 Å². The van der Waals surface area contributed by atoms with Crippen LogP contribution in [-0.4, -0.2) is 23.5 Å². The van der Waals surface area contributed by atoms with Crippen molar-refractivity contribution in [3.05, 3.63) is 28.0 Å². The molecule has 0 fully saturated rings. The van der Waals surface area contributed by atoms with Crippen molar-refractivity contribution in [3.63, 3.8) is 0 Å². The van der Waals surface area contributed by atoms with Crippen LogP contribution >= 0.6 is 11.3 Å². The van der Waals surface area contributed by atoms with Gasteiger partial charge in [0.1, 0.15) is 4.88 Å². The first-order valence-corrected chi connectivity index (χ1v) is 5.70. The molecule has 1 amide bonds. The zero-order valence-corrected chi connectivity index (χ0v) is 9.71. The Morgan fingerprint density at radius 1 is 1.56 bits per heavy atom. The number of amides is 1. The zero-order chi connectivity index (χ0) is 12.0. The molecule has 1 aromatic rings. The summed E-state index contributed by atoms with van der Waals surface area (Å²) in [6, 6.07) is 1.63. The molecule has 0 aliphatic rings. The van der Waals surface area contributed by atoms with Gasteiger partial charge in [-0.05, 0) is 23.4 Å². The molecule has 0 bridgehead atoms. The lowest BCUT2D eigenvalue weighted by Gasteiger charge is -1.95. The van der Waals surface area contributed by atoms with Crippen molar-refractivity contribution in [2.24, 2.45) is 0 Å². The lowest BCUT2D eigenvalue weighted by molar-refractivity contribution is -0.118. The summed E-state index contributed by atoms with van der Waals surface area (Å²) in [7, 11) is 0. The molecule has 86 valence electrons. The summed E-state index contributed by atoms with van der Waals surface area (Å²) in [5.41, 5.74) is 0.880. The maximum atomic E-state index is 10.6. The molecular weight excluding hydrogens is 226 g/mol. The largest absolute Gasteiger partial charge is 0.477 e. The minimum atomic E-state index is -0.900. The third kappa shape index (κ3) is 4.27. The lowest BCUT2D eigenvalue weighted by atomic mass is 10.2. The minimum absolute atomic E-state index is 0.0444. The smallest absolute Gasteiger partial charge is 0.345 e. The van der Waals surface area contributed by atoms with Crippen LogP contribution in [-0.2, 0) is 4.79 Å². The van der Waals surface area contributed by atoms with Crippen LogP contribution in [0.5, 0.6) is 0 Å². The lowest BCUT2D eigenvalue weighted by Crippen LogP contribution is -2.20. The fourth-order valence-corrected chi connectivity index (χ4v) is 1.82. The van der Waals surface area contributed by atoms with Crippen LogP contribution in [0.25, 0.3) is 6.08 Å². The van der Waals surface area contributed by atoms with Gasteiger partial charge in [0.2, 0.25) is 5.91 Å². The number of hydrogen-bond acceptors (Lipinski definition) is 3. The molecule has 1 rings (SSSR count). The second kappa shape index (κ2) is 6.07. The van der Waals surface area contributed by atoms with Gasteiger partial charge in [-0.1, -0.05) is 12.2 Å². The monoisotopic (exact) mass is 239 g/mol. The molecule has 0 saturated carbocycles. The van der Waals surface area contributed by atoms with E-state index in [0.717, 1.165) is 12.0 Å². The van der Waals surface area contributed by atoms with E-state index in [1.165, 1.54) is 18.3 Å². The number of thiophene rings is 1. The molecule has 0 aromatic carbocycles. The SMILES string of the molecule is CC(=O)NCCC=Cc1csc(C(=O)O)c1. The van der Waals surface area contributed by atoms with Crippen LogP contribution < -0.4 is 5.32 Å². The Bertz CT molecular complexity index is 409. The fourth-order valence-electron chi connectivity index (χ4n) is 1.10. The van der Waals surface area contributed by atoms with Crippen molar-refractivity contribution >= 4 is 29.3 Å². The van der Waals surface area contributed by atoms with Crippen molar-refractivity contribution < 1.29 is 14.7 Å². The van der Waals surface area contributed by atoms with Crippen molar-refractivity contribution in [3.8, 4) is 0 Å². The highest BCUT2D eigenvalue weighted by atomic mass is 32.1. The van der Waals surface area contributed by atoms with Crippen molar-refractivity contribution in [1.82, 2.24) is 5.32 Å². The van der Waals surface area contributed by atoms with Gasteiger partial charge >= 0.3 is 5.97 Å². The molecule has 0 aliphatic carbocycles. The number of carboxylic acid groups (broad SMARTS) is 1. The number of nitrogens with one attached hydrogen (secondary N) is 1. The first-order chi connectivity index (χ1) is 7.59. The number of carbonyl (C=O) groups is 2. The second-order valence-corrected chi connectivity index (χ2v) is 4.13. The van der Waals surface area contributed by atoms with Gasteiger partial charge in [-0.15, -0.1) is 11.3 Å². The Balaban J connectivity index is 2.38. The standard InChI is InChI=1S/C11H13NO3S/c1-8(13)12-5-3-2-4-9-6-10(11(14)15)16-7-9/h2,4,6-7H,3,5H2,1H3,(H,12,13)(H,14,15). The highest BCUT2D eigenvalue weighted by Crippen LogP contribution is 2.15. The molecule has 0 atom stereocenters. The molecule has 1 heterocycles. The topological polar surface area (TPSA) is 66.4 Å². The molecule has 0 spiro atoms. The summed E-state index contributed by atoms with van der Waals surface area (Å²) in [5, 5.41) is 13.2. The highest BCUT2D eigenvalue weighted by Gasteiger charge is 2.04. The molecule has 0 unspecified atom stereocenters. The number of carbonyl (C=O) groups excluding carboxylic acids is 1. The zero-order valence-electron chi connectivity index (χ0n) is 8.90. The molecule has 16 heavy (non-hydrogen) atoms. The maximum Gasteiger partial charge on any atom is 0.345 e. The summed E-state index contributed by atoms with van der Waals surface area (Å²) >= 11 is 1.21. The Kier molecular flexibility index (Phi) is 4.72. The minimum Gasteiger partial charge on any atom is -0.477 e. The number of rotatable bonds is 5. The van der Waals surface area contributed by atoms with E-state index >= 15 is 0 Å². The van der Waals surface area contributed by atoms with Gasteiger partial charge < -0.3 is 10.4 Å². The van der Waals surface area contributed by atoms with E-state index in [1.54, 1.807) is 11.4 Å². The average molecular weight is 239 g/mol. The molecule has 5 heteroatoms. The van der Waals surface area contributed by atoms with Gasteiger partial charge in [0, 0.05) is 13.5 Å². The summed E-state index contributed by atoms with van der Waals surface area (Å²) < 4.78 is 0. The van der Waals surface area contributed by atoms with Gasteiger partial charge in [0.25, 0.3) is 0 Å². The highest BCUT2D eigenvalue weighted by molar-refractivity contribution is 7.12. The van der Waals surface area contributed by atoms with Crippen LogP contribution in [0.3, 0.4) is 0 Å². The maximum absolute atomic E-state index is 10.6. The van der Waals surface area contributed by atoms with Gasteiger partial charge in [0.05, 0.1) is 0 Å². The van der Waals surface area contributed by atoms with Crippen LogP contribution in [0.4, 0.5) is 0 Å². The Morgan fingerprint density at radius 3 is 2.88 bits per heavy atom. The van der Waals surface area contributed by atoms with Gasteiger partial charge in [-0.2, -0.15) is 0 Å². The van der Waals surface area contributed by atoms with Gasteiger partial charge in [-0.25, -0.2) is 4.79 Å². The first-order valence-electron chi connectivity index (χ1n) is 4.82. The average Bonchev–Trinajstić information content (AvgIpc) is 2.65. The van der Waals surface area contributed by atoms with E-state index in [9.17, 15) is 9.59 Å². The van der Waals surface area contributed by atoms with E-state index in [-0.39, 0.29) is 5.91 Å². The van der Waals surface area contributed by atoms with Gasteiger partial charge in [0.15, 0.2) is 0 Å². The molecule has 1 aromatic heterocycles. The fraction of sp³-hybridized carbons (Fsp3) is 0.273. The summed E-state index contributed by atoms with van der Waals surface area (Å²) in [4.78, 5) is 21.5. The Labute approximate surface area is 97.6 Å². The number of aromatic carboxylic acids is 1.